The van der Waals surface area contributed by atoms with E-state index in [0.29, 0.717) is 0 Å². The van der Waals surface area contributed by atoms with E-state index in [0.717, 1.165) is 39.4 Å². The van der Waals surface area contributed by atoms with Gasteiger partial charge in [0.05, 0.1) is 38.9 Å². The summed E-state index contributed by atoms with van der Waals surface area (Å²) >= 11 is 0. The van der Waals surface area contributed by atoms with Crippen LogP contribution in [0.5, 0.6) is 0 Å². The Morgan fingerprint density at radius 3 is 1.56 bits per heavy atom. The van der Waals surface area contributed by atoms with Gasteiger partial charge < -0.3 is 14.0 Å². The van der Waals surface area contributed by atoms with E-state index in [1.54, 1.807) is 0 Å². The van der Waals surface area contributed by atoms with Gasteiger partial charge in [0.25, 0.3) is 0 Å². The molecule has 0 bridgehead atoms. The molecule has 2 aromatic heterocycles. The number of rotatable bonds is 7. The maximum atomic E-state index is 2.53. The SMILES string of the molecule is c1cc(-c2ccc(N(c3ccc4c(c3)C3(c5ccccc5-4)c4ccccc4-n4c5ccccc5c5cccc3c54)c3ccccc3-c3ccccc3-c3cccc4ccccc34)cc2)cc(-n2c3ccccc3c3ccccc32)c1. The Morgan fingerprint density at radius 2 is 0.787 bits per heavy atom. The molecule has 1 spiro atoms. The molecule has 2 aliphatic rings. The fourth-order valence-corrected chi connectivity index (χ4v) is 14.3. The molecular formula is C77H49N3. The van der Waals surface area contributed by atoms with Gasteiger partial charge in [-0.15, -0.1) is 0 Å². The van der Waals surface area contributed by atoms with E-state index in [9.17, 15) is 0 Å². The predicted octanol–water partition coefficient (Wildman–Crippen LogP) is 20.2. The largest absolute Gasteiger partial charge is 0.310 e. The molecule has 15 aromatic rings. The van der Waals surface area contributed by atoms with Crippen molar-refractivity contribution in [2.75, 3.05) is 4.90 Å². The van der Waals surface area contributed by atoms with Crippen molar-refractivity contribution in [3.05, 3.63) is 320 Å². The summed E-state index contributed by atoms with van der Waals surface area (Å²) in [4.78, 5) is 2.51. The number of fused-ring (bicyclic) bond motifs is 16. The molecule has 13 aromatic carbocycles. The van der Waals surface area contributed by atoms with Gasteiger partial charge in [-0.25, -0.2) is 0 Å². The minimum Gasteiger partial charge on any atom is -0.310 e. The van der Waals surface area contributed by atoms with Crippen LogP contribution in [0.25, 0.3) is 110 Å². The van der Waals surface area contributed by atoms with Crippen LogP contribution in [0.4, 0.5) is 17.1 Å². The van der Waals surface area contributed by atoms with Crippen molar-refractivity contribution in [2.24, 2.45) is 0 Å². The van der Waals surface area contributed by atoms with Crippen LogP contribution in [0.2, 0.25) is 0 Å². The van der Waals surface area contributed by atoms with Gasteiger partial charge in [-0.05, 0) is 139 Å². The molecule has 1 unspecified atom stereocenters. The second-order valence-electron chi connectivity index (χ2n) is 21.5. The van der Waals surface area contributed by atoms with Gasteiger partial charge in [-0.2, -0.15) is 0 Å². The smallest absolute Gasteiger partial charge is 0.0755 e. The van der Waals surface area contributed by atoms with E-state index < -0.39 is 5.41 Å². The number of para-hydroxylation sites is 6. The molecule has 1 aliphatic carbocycles. The lowest BCUT2D eigenvalue weighted by atomic mass is 9.65. The first-order chi connectivity index (χ1) is 39.7. The van der Waals surface area contributed by atoms with Gasteiger partial charge in [0.1, 0.15) is 0 Å². The summed E-state index contributed by atoms with van der Waals surface area (Å²) in [5.74, 6) is 0. The Morgan fingerprint density at radius 1 is 0.275 bits per heavy atom. The molecule has 0 radical (unpaired) electrons. The highest BCUT2D eigenvalue weighted by molar-refractivity contribution is 6.13. The van der Waals surface area contributed by atoms with E-state index in [2.05, 4.69) is 311 Å². The molecule has 3 nitrogen and oxygen atoms in total. The number of benzene rings is 13. The molecule has 0 amide bonds. The molecule has 0 N–H and O–H groups in total. The summed E-state index contributed by atoms with van der Waals surface area (Å²) < 4.78 is 4.93. The van der Waals surface area contributed by atoms with Gasteiger partial charge in [0, 0.05) is 44.2 Å². The quantitative estimate of drug-likeness (QED) is 0.155. The molecule has 372 valence electrons. The Hall–Kier alpha value is -10.5. The Balaban J connectivity index is 0.891. The molecular weight excluding hydrogens is 967 g/mol. The van der Waals surface area contributed by atoms with Crippen molar-refractivity contribution in [3.8, 4) is 55.9 Å². The second-order valence-corrected chi connectivity index (χ2v) is 21.5. The highest BCUT2D eigenvalue weighted by Crippen LogP contribution is 2.62. The van der Waals surface area contributed by atoms with Crippen molar-refractivity contribution >= 4 is 71.4 Å². The number of hydrogen-bond donors (Lipinski definition) is 0. The zero-order valence-corrected chi connectivity index (χ0v) is 43.6. The Labute approximate surface area is 463 Å². The molecule has 0 saturated heterocycles. The lowest BCUT2D eigenvalue weighted by Gasteiger charge is -2.40. The summed E-state index contributed by atoms with van der Waals surface area (Å²) in [6.45, 7) is 0. The van der Waals surface area contributed by atoms with Crippen molar-refractivity contribution in [3.63, 3.8) is 0 Å². The summed E-state index contributed by atoms with van der Waals surface area (Å²) in [6, 6.07) is 111. The average Bonchev–Trinajstić information content (AvgIpc) is 3.91. The third kappa shape index (κ3) is 6.26. The van der Waals surface area contributed by atoms with Crippen LogP contribution >= 0.6 is 0 Å². The normalized spacial score (nSPS) is 14.1. The van der Waals surface area contributed by atoms with Gasteiger partial charge in [0.2, 0.25) is 0 Å². The van der Waals surface area contributed by atoms with E-state index >= 15 is 0 Å². The number of hydrogen-bond acceptors (Lipinski definition) is 1. The monoisotopic (exact) mass is 1020 g/mol. The molecule has 1 atom stereocenters. The summed E-state index contributed by atoms with van der Waals surface area (Å²) in [6.07, 6.45) is 0. The predicted molar refractivity (Wildman–Crippen MR) is 334 cm³/mol. The lowest BCUT2D eigenvalue weighted by molar-refractivity contribution is 0.748. The average molecular weight is 1020 g/mol. The Bertz CT molecular complexity index is 4980. The second kappa shape index (κ2) is 17.3. The van der Waals surface area contributed by atoms with E-state index in [1.807, 2.05) is 0 Å². The minimum absolute atomic E-state index is 0.611. The van der Waals surface area contributed by atoms with Gasteiger partial charge >= 0.3 is 0 Å². The van der Waals surface area contributed by atoms with Crippen molar-refractivity contribution in [1.29, 1.82) is 0 Å². The molecule has 80 heavy (non-hydrogen) atoms. The van der Waals surface area contributed by atoms with E-state index in [-0.39, 0.29) is 0 Å². The van der Waals surface area contributed by atoms with Crippen LogP contribution in [0, 0.1) is 0 Å². The first-order valence-electron chi connectivity index (χ1n) is 27.8. The van der Waals surface area contributed by atoms with Crippen LogP contribution in [-0.4, -0.2) is 9.13 Å². The standard InChI is InChI=1S/C77H49N3/c1-2-24-56-51(20-1)21-18-32-57(56)58-25-3-4-26-59(58)62-28-6-12-37-71(62)78(53-44-42-50(43-45-53)52-22-17-23-54(48-52)79-72-38-13-7-29-63(72)64-30-8-14-39-73(64)79)55-46-47-61-60-27-5-10-34-67(60)77(70(61)49-55)68-35-11-16-41-75(68)80-74-40-15-9-31-65(74)66-33-19-36-69(77)76(66)80/h1-49H. The third-order valence-electron chi connectivity index (χ3n) is 17.5. The van der Waals surface area contributed by atoms with Crippen molar-refractivity contribution < 1.29 is 0 Å². The number of aromatic nitrogens is 2. The molecule has 17 rings (SSSR count). The molecule has 0 fully saturated rings. The summed E-state index contributed by atoms with van der Waals surface area (Å²) in [5, 5.41) is 7.52. The highest BCUT2D eigenvalue weighted by Gasteiger charge is 2.51. The van der Waals surface area contributed by atoms with E-state index in [1.165, 1.54) is 110 Å². The molecule has 3 heterocycles. The van der Waals surface area contributed by atoms with Crippen LogP contribution in [0.1, 0.15) is 22.3 Å². The maximum absolute atomic E-state index is 2.53. The van der Waals surface area contributed by atoms with Crippen LogP contribution in [0.3, 0.4) is 0 Å². The lowest BCUT2D eigenvalue weighted by Crippen LogP contribution is -2.33. The first-order valence-corrected chi connectivity index (χ1v) is 27.8. The van der Waals surface area contributed by atoms with Crippen LogP contribution in [-0.2, 0) is 5.41 Å². The highest BCUT2D eigenvalue weighted by atomic mass is 15.1. The van der Waals surface area contributed by atoms with Gasteiger partial charge in [-0.1, -0.05) is 231 Å². The zero-order chi connectivity index (χ0) is 52.5. The summed E-state index contributed by atoms with van der Waals surface area (Å²) in [7, 11) is 0. The van der Waals surface area contributed by atoms with Crippen LogP contribution < -0.4 is 4.90 Å². The van der Waals surface area contributed by atoms with E-state index in [4.69, 9.17) is 0 Å². The fraction of sp³-hybridized carbons (Fsp3) is 0.0130. The maximum Gasteiger partial charge on any atom is 0.0755 e. The zero-order valence-electron chi connectivity index (χ0n) is 43.6. The number of nitrogens with zero attached hydrogens (tertiary/aromatic N) is 3. The van der Waals surface area contributed by atoms with Crippen LogP contribution in [0.15, 0.2) is 297 Å². The van der Waals surface area contributed by atoms with Gasteiger partial charge in [-0.3, -0.25) is 0 Å². The first kappa shape index (κ1) is 44.6. The molecule has 0 saturated carbocycles. The summed E-state index contributed by atoms with van der Waals surface area (Å²) in [5.41, 5.74) is 24.6. The molecule has 3 heteroatoms. The van der Waals surface area contributed by atoms with Gasteiger partial charge in [0.15, 0.2) is 0 Å². The molecule has 1 aliphatic heterocycles. The Kier molecular flexibility index (Phi) is 9.63. The topological polar surface area (TPSA) is 13.1 Å². The fourth-order valence-electron chi connectivity index (χ4n) is 14.3. The number of anilines is 3. The minimum atomic E-state index is -0.611. The third-order valence-corrected chi connectivity index (χ3v) is 17.5. The van der Waals surface area contributed by atoms with Crippen molar-refractivity contribution in [1.82, 2.24) is 9.13 Å². The van der Waals surface area contributed by atoms with Crippen molar-refractivity contribution in [2.45, 2.75) is 5.41 Å².